The van der Waals surface area contributed by atoms with Crippen LogP contribution in [-0.4, -0.2) is 5.23 Å². The predicted octanol–water partition coefficient (Wildman–Crippen LogP) is 3.50. The summed E-state index contributed by atoms with van der Waals surface area (Å²) in [5, 5.41) is 1.43. The molecule has 0 atom stereocenters. The van der Waals surface area contributed by atoms with Crippen molar-refractivity contribution in [1.82, 2.24) is 5.23 Å². The predicted molar refractivity (Wildman–Crippen MR) is 64.2 cm³/mol. The van der Waals surface area contributed by atoms with E-state index in [-0.39, 0.29) is 0 Å². The van der Waals surface area contributed by atoms with Crippen molar-refractivity contribution in [1.29, 1.82) is 0 Å². The van der Waals surface area contributed by atoms with Crippen molar-refractivity contribution in [2.45, 2.75) is 13.5 Å². The molecule has 1 aliphatic rings. The lowest BCUT2D eigenvalue weighted by molar-refractivity contribution is -0.309. The average molecular weight is 249 g/mol. The van der Waals surface area contributed by atoms with E-state index in [0.29, 0.717) is 6.54 Å². The fraction of sp³-hybridized carbons (Fsp3) is 0.167. The molecule has 1 fully saturated rings. The Bertz CT molecular complexity index is 505. The number of rotatable bonds is 3. The highest BCUT2D eigenvalue weighted by Crippen LogP contribution is 2.27. The van der Waals surface area contributed by atoms with Crippen LogP contribution >= 0.6 is 12.3 Å². The van der Waals surface area contributed by atoms with E-state index < -0.39 is 0 Å². The van der Waals surface area contributed by atoms with Gasteiger partial charge in [0.25, 0.3) is 0 Å². The van der Waals surface area contributed by atoms with Crippen molar-refractivity contribution >= 4 is 12.3 Å². The average Bonchev–Trinajstić information content (AvgIpc) is 2.71. The third-order valence-electron chi connectivity index (χ3n) is 2.52. The van der Waals surface area contributed by atoms with Gasteiger partial charge in [-0.05, 0) is 29.8 Å². The zero-order valence-electron chi connectivity index (χ0n) is 9.25. The lowest BCUT2D eigenvalue weighted by Gasteiger charge is -2.24. The topological polar surface area (TPSA) is 34.8 Å². The Hall–Kier alpha value is -1.27. The van der Waals surface area contributed by atoms with Crippen LogP contribution < -0.4 is 0 Å². The van der Waals surface area contributed by atoms with Gasteiger partial charge in [0.2, 0.25) is 12.3 Å². The Morgan fingerprint density at radius 1 is 1.06 bits per heavy atom. The molecule has 0 saturated carbocycles. The molecule has 0 amide bonds. The summed E-state index contributed by atoms with van der Waals surface area (Å²) >= 11 is 0.978. The van der Waals surface area contributed by atoms with E-state index >= 15 is 0 Å². The monoisotopic (exact) mass is 249 g/mol. The lowest BCUT2D eigenvalue weighted by Crippen LogP contribution is -2.26. The van der Waals surface area contributed by atoms with Crippen molar-refractivity contribution in [3.63, 3.8) is 0 Å². The zero-order valence-corrected chi connectivity index (χ0v) is 10.1. The van der Waals surface area contributed by atoms with Crippen LogP contribution in [0.2, 0.25) is 0 Å². The number of hydrogen-bond donors (Lipinski definition) is 0. The number of hydrogen-bond acceptors (Lipinski definition) is 5. The summed E-state index contributed by atoms with van der Waals surface area (Å²) in [5.41, 5.74) is 2.19. The molecule has 0 spiro atoms. The van der Waals surface area contributed by atoms with Gasteiger partial charge >= 0.3 is 0 Å². The number of nitrogens with zero attached hydrogens (tertiary/aromatic N) is 1. The quantitative estimate of drug-likeness (QED) is 0.778. The summed E-state index contributed by atoms with van der Waals surface area (Å²) in [5.74, 6) is 1.81. The minimum Gasteiger partial charge on any atom is -0.461 e. The number of furan rings is 1. The second-order valence-corrected chi connectivity index (χ2v) is 4.25. The van der Waals surface area contributed by atoms with Gasteiger partial charge in [-0.25, -0.2) is 0 Å². The van der Waals surface area contributed by atoms with Crippen molar-refractivity contribution < 1.29 is 13.0 Å². The van der Waals surface area contributed by atoms with Gasteiger partial charge in [-0.1, -0.05) is 24.3 Å². The van der Waals surface area contributed by atoms with Crippen LogP contribution in [0.5, 0.6) is 0 Å². The molecule has 0 bridgehead atoms. The molecule has 1 aromatic carbocycles. The molecule has 1 aromatic heterocycles. The first-order valence-corrected chi connectivity index (χ1v) is 5.93. The minimum absolute atomic E-state index is 0.616. The standard InChI is InChI=1S/C12H11NO3S/c1-9-2-7-12(14-9)11-5-3-10(4-6-11)8-13-15-17-16-13/h2-7H,8H2,1H3. The van der Waals surface area contributed by atoms with Gasteiger partial charge in [-0.2, -0.15) is 8.57 Å². The molecule has 88 valence electrons. The Labute approximate surface area is 103 Å². The second-order valence-electron chi connectivity index (χ2n) is 3.82. The molecule has 5 heteroatoms. The van der Waals surface area contributed by atoms with Crippen LogP contribution in [0, 0.1) is 6.92 Å². The normalized spacial score (nSPS) is 15.8. The van der Waals surface area contributed by atoms with Gasteiger partial charge in [-0.3, -0.25) is 0 Å². The fourth-order valence-corrected chi connectivity index (χ4v) is 1.89. The maximum atomic E-state index is 5.56. The molecule has 3 rings (SSSR count). The van der Waals surface area contributed by atoms with E-state index in [2.05, 4.69) is 0 Å². The van der Waals surface area contributed by atoms with E-state index in [0.717, 1.165) is 35.0 Å². The smallest absolute Gasteiger partial charge is 0.203 e. The first-order chi connectivity index (χ1) is 8.31. The number of aryl methyl sites for hydroxylation is 1. The third-order valence-corrected chi connectivity index (χ3v) is 2.97. The molecular weight excluding hydrogens is 238 g/mol. The molecule has 4 nitrogen and oxygen atoms in total. The second kappa shape index (κ2) is 4.54. The number of benzene rings is 1. The van der Waals surface area contributed by atoms with Gasteiger partial charge < -0.3 is 4.42 Å². The van der Waals surface area contributed by atoms with Crippen molar-refractivity contribution in [2.24, 2.45) is 0 Å². The van der Waals surface area contributed by atoms with Gasteiger partial charge in [-0.15, -0.1) is 0 Å². The molecule has 17 heavy (non-hydrogen) atoms. The van der Waals surface area contributed by atoms with Gasteiger partial charge in [0.15, 0.2) is 0 Å². The summed E-state index contributed by atoms with van der Waals surface area (Å²) in [4.78, 5) is 0. The van der Waals surface area contributed by atoms with Crippen molar-refractivity contribution in [2.75, 3.05) is 0 Å². The van der Waals surface area contributed by atoms with Gasteiger partial charge in [0.05, 0.1) is 6.54 Å². The van der Waals surface area contributed by atoms with Gasteiger partial charge in [0.1, 0.15) is 11.5 Å². The van der Waals surface area contributed by atoms with E-state index in [1.165, 1.54) is 5.23 Å². The lowest BCUT2D eigenvalue weighted by atomic mass is 10.1. The van der Waals surface area contributed by atoms with E-state index in [1.807, 2.05) is 43.3 Å². The summed E-state index contributed by atoms with van der Waals surface area (Å²) in [7, 11) is 0. The van der Waals surface area contributed by atoms with E-state index in [1.54, 1.807) is 0 Å². The van der Waals surface area contributed by atoms with Crippen molar-refractivity contribution in [3.8, 4) is 11.3 Å². The van der Waals surface area contributed by atoms with Gasteiger partial charge in [0, 0.05) is 5.56 Å². The highest BCUT2D eigenvalue weighted by Gasteiger charge is 2.19. The van der Waals surface area contributed by atoms with E-state index in [9.17, 15) is 0 Å². The van der Waals surface area contributed by atoms with E-state index in [4.69, 9.17) is 13.0 Å². The Morgan fingerprint density at radius 2 is 1.82 bits per heavy atom. The maximum Gasteiger partial charge on any atom is 0.203 e. The molecule has 0 N–H and O–H groups in total. The molecule has 1 aliphatic heterocycles. The zero-order chi connectivity index (χ0) is 11.7. The SMILES string of the molecule is Cc1ccc(-c2ccc(CN3OSO3)cc2)o1. The largest absolute Gasteiger partial charge is 0.461 e. The Balaban J connectivity index is 1.75. The molecule has 1 saturated heterocycles. The summed E-state index contributed by atoms with van der Waals surface area (Å²) < 4.78 is 15.5. The molecule has 0 radical (unpaired) electrons. The first kappa shape index (κ1) is 10.9. The molecule has 0 unspecified atom stereocenters. The van der Waals surface area contributed by atoms with Crippen LogP contribution in [0.25, 0.3) is 11.3 Å². The summed E-state index contributed by atoms with van der Waals surface area (Å²) in [6.07, 6.45) is 0. The molecule has 0 aliphatic carbocycles. The molecule has 2 heterocycles. The number of hydroxylamine groups is 2. The maximum absolute atomic E-state index is 5.56. The summed E-state index contributed by atoms with van der Waals surface area (Å²) in [6, 6.07) is 12.1. The highest BCUT2D eigenvalue weighted by molar-refractivity contribution is 7.90. The van der Waals surface area contributed by atoms with Crippen LogP contribution in [0.4, 0.5) is 0 Å². The van der Waals surface area contributed by atoms with Crippen LogP contribution in [0.15, 0.2) is 40.8 Å². The van der Waals surface area contributed by atoms with Crippen LogP contribution in [0.3, 0.4) is 0 Å². The molecule has 2 aromatic rings. The van der Waals surface area contributed by atoms with Crippen LogP contribution in [-0.2, 0) is 15.1 Å². The third kappa shape index (κ3) is 2.37. The fourth-order valence-electron chi connectivity index (χ4n) is 1.64. The van der Waals surface area contributed by atoms with Crippen LogP contribution in [0.1, 0.15) is 11.3 Å². The molecular formula is C12H11NO3S. The first-order valence-electron chi connectivity index (χ1n) is 5.26. The summed E-state index contributed by atoms with van der Waals surface area (Å²) in [6.45, 7) is 2.55. The van der Waals surface area contributed by atoms with Crippen molar-refractivity contribution in [3.05, 3.63) is 47.7 Å². The Morgan fingerprint density at radius 3 is 2.35 bits per heavy atom. The Kier molecular flexibility index (Phi) is 2.90. The highest BCUT2D eigenvalue weighted by atomic mass is 32.2. The minimum atomic E-state index is 0.616.